The highest BCUT2D eigenvalue weighted by molar-refractivity contribution is 5.95. The molecule has 19 heavy (non-hydrogen) atoms. The minimum Gasteiger partial charge on any atom is -0.366 e. The predicted octanol–water partition coefficient (Wildman–Crippen LogP) is 0.0508. The molecule has 1 fully saturated rings. The number of primary amides is 1. The first-order valence-corrected chi connectivity index (χ1v) is 6.36. The number of nitrogens with one attached hydrogen (secondary N) is 2. The van der Waals surface area contributed by atoms with Crippen LogP contribution in [0, 0.1) is 0 Å². The molecule has 2 heterocycles. The molecule has 1 aromatic rings. The Morgan fingerprint density at radius 3 is 2.84 bits per heavy atom. The van der Waals surface area contributed by atoms with Crippen LogP contribution in [0.25, 0.3) is 0 Å². The zero-order valence-electron chi connectivity index (χ0n) is 10.8. The number of amides is 2. The van der Waals surface area contributed by atoms with Gasteiger partial charge in [0.15, 0.2) is 0 Å². The molecule has 2 unspecified atom stereocenters. The average Bonchev–Trinajstić information content (AvgIpc) is 2.39. The summed E-state index contributed by atoms with van der Waals surface area (Å²) in [7, 11) is 0. The first kappa shape index (κ1) is 13.5. The second-order valence-electron chi connectivity index (χ2n) is 4.85. The van der Waals surface area contributed by atoms with Crippen LogP contribution in [0.3, 0.4) is 0 Å². The topological polar surface area (TPSA) is 97.1 Å². The summed E-state index contributed by atoms with van der Waals surface area (Å²) in [5.74, 6) is -0.762. The molecule has 0 bridgehead atoms. The summed E-state index contributed by atoms with van der Waals surface area (Å²) in [6.45, 7) is 3.00. The molecule has 6 nitrogen and oxygen atoms in total. The van der Waals surface area contributed by atoms with E-state index in [1.54, 1.807) is 0 Å². The lowest BCUT2D eigenvalue weighted by Crippen LogP contribution is -2.46. The molecule has 102 valence electrons. The molecule has 0 saturated carbocycles. The van der Waals surface area contributed by atoms with E-state index in [2.05, 4.69) is 22.5 Å². The van der Waals surface area contributed by atoms with Crippen molar-refractivity contribution >= 4 is 11.8 Å². The maximum atomic E-state index is 12.0. The van der Waals surface area contributed by atoms with Gasteiger partial charge in [-0.3, -0.25) is 14.6 Å². The van der Waals surface area contributed by atoms with Gasteiger partial charge in [-0.05, 0) is 38.4 Å². The fourth-order valence-electron chi connectivity index (χ4n) is 2.20. The molecule has 1 aliphatic rings. The van der Waals surface area contributed by atoms with Crippen LogP contribution in [-0.4, -0.2) is 35.4 Å². The third kappa shape index (κ3) is 3.51. The van der Waals surface area contributed by atoms with Crippen molar-refractivity contribution in [2.75, 3.05) is 6.54 Å². The summed E-state index contributed by atoms with van der Waals surface area (Å²) in [4.78, 5) is 26.9. The summed E-state index contributed by atoms with van der Waals surface area (Å²) in [6, 6.07) is 3.60. The van der Waals surface area contributed by atoms with E-state index >= 15 is 0 Å². The third-order valence-corrected chi connectivity index (χ3v) is 3.24. The minimum absolute atomic E-state index is 0.168. The van der Waals surface area contributed by atoms with Gasteiger partial charge in [-0.15, -0.1) is 0 Å². The molecule has 0 aromatic carbocycles. The zero-order valence-corrected chi connectivity index (χ0v) is 10.8. The van der Waals surface area contributed by atoms with Crippen molar-refractivity contribution in [1.82, 2.24) is 15.6 Å². The van der Waals surface area contributed by atoms with Crippen LogP contribution >= 0.6 is 0 Å². The molecule has 1 aliphatic heterocycles. The molecule has 2 rings (SSSR count). The number of nitrogens with zero attached hydrogens (tertiary/aromatic N) is 1. The molecule has 1 aromatic heterocycles. The largest absolute Gasteiger partial charge is 0.366 e. The highest BCUT2D eigenvalue weighted by Crippen LogP contribution is 2.09. The molecule has 4 N–H and O–H groups in total. The molecule has 2 amide bonds. The van der Waals surface area contributed by atoms with E-state index in [1.807, 2.05) is 0 Å². The van der Waals surface area contributed by atoms with Gasteiger partial charge in [0.25, 0.3) is 5.91 Å². The molecule has 2 atom stereocenters. The lowest BCUT2D eigenvalue weighted by atomic mass is 10.0. The van der Waals surface area contributed by atoms with Crippen molar-refractivity contribution in [2.24, 2.45) is 5.73 Å². The monoisotopic (exact) mass is 262 g/mol. The molecule has 0 spiro atoms. The Kier molecular flexibility index (Phi) is 4.11. The van der Waals surface area contributed by atoms with Crippen LogP contribution in [0.4, 0.5) is 0 Å². The van der Waals surface area contributed by atoms with Crippen LogP contribution < -0.4 is 16.4 Å². The highest BCUT2D eigenvalue weighted by Gasteiger charge is 2.20. The molecular weight excluding hydrogens is 244 g/mol. The fourth-order valence-corrected chi connectivity index (χ4v) is 2.20. The van der Waals surface area contributed by atoms with Crippen molar-refractivity contribution in [3.8, 4) is 0 Å². The lowest BCUT2D eigenvalue weighted by molar-refractivity contribution is 0.0918. The number of hydrogen-bond acceptors (Lipinski definition) is 4. The second kappa shape index (κ2) is 5.79. The van der Waals surface area contributed by atoms with E-state index in [0.29, 0.717) is 17.3 Å². The van der Waals surface area contributed by atoms with Gasteiger partial charge in [-0.25, -0.2) is 0 Å². The Balaban J connectivity index is 1.97. The molecule has 6 heteroatoms. The zero-order chi connectivity index (χ0) is 13.8. The number of aromatic nitrogens is 1. The smallest absolute Gasteiger partial charge is 0.270 e. The van der Waals surface area contributed by atoms with Gasteiger partial charge in [0, 0.05) is 18.3 Å². The molecular formula is C13H18N4O2. The summed E-state index contributed by atoms with van der Waals surface area (Å²) in [6.07, 6.45) is 3.14. The maximum absolute atomic E-state index is 12.0. The van der Waals surface area contributed by atoms with Gasteiger partial charge in [0.2, 0.25) is 5.91 Å². The van der Waals surface area contributed by atoms with E-state index in [0.717, 1.165) is 19.4 Å². The van der Waals surface area contributed by atoms with E-state index in [-0.39, 0.29) is 11.9 Å². The number of carbonyl (C=O) groups excluding carboxylic acids is 2. The van der Waals surface area contributed by atoms with Crippen molar-refractivity contribution in [3.05, 3.63) is 29.6 Å². The number of pyridine rings is 1. The van der Waals surface area contributed by atoms with Crippen LogP contribution in [-0.2, 0) is 0 Å². The van der Waals surface area contributed by atoms with Crippen LogP contribution in [0.15, 0.2) is 18.3 Å². The first-order chi connectivity index (χ1) is 9.06. The second-order valence-corrected chi connectivity index (χ2v) is 4.85. The van der Waals surface area contributed by atoms with Gasteiger partial charge >= 0.3 is 0 Å². The van der Waals surface area contributed by atoms with Crippen LogP contribution in [0.1, 0.15) is 40.6 Å². The van der Waals surface area contributed by atoms with Crippen molar-refractivity contribution in [3.63, 3.8) is 0 Å². The van der Waals surface area contributed by atoms with Gasteiger partial charge < -0.3 is 16.4 Å². The summed E-state index contributed by atoms with van der Waals surface area (Å²) in [5, 5.41) is 6.28. The number of nitrogens with two attached hydrogens (primary N) is 1. The molecule has 1 saturated heterocycles. The van der Waals surface area contributed by atoms with Crippen LogP contribution in [0.5, 0.6) is 0 Å². The number of hydrogen-bond donors (Lipinski definition) is 3. The Hall–Kier alpha value is -1.95. The lowest BCUT2D eigenvalue weighted by Gasteiger charge is -2.28. The maximum Gasteiger partial charge on any atom is 0.270 e. The third-order valence-electron chi connectivity index (χ3n) is 3.24. The van der Waals surface area contributed by atoms with Gasteiger partial charge in [-0.2, -0.15) is 0 Å². The number of rotatable bonds is 3. The van der Waals surface area contributed by atoms with Crippen molar-refractivity contribution in [2.45, 2.75) is 31.8 Å². The summed E-state index contributed by atoms with van der Waals surface area (Å²) >= 11 is 0. The van der Waals surface area contributed by atoms with Crippen molar-refractivity contribution < 1.29 is 9.59 Å². The molecule has 0 aliphatic carbocycles. The van der Waals surface area contributed by atoms with E-state index in [9.17, 15) is 9.59 Å². The van der Waals surface area contributed by atoms with Gasteiger partial charge in [-0.1, -0.05) is 0 Å². The average molecular weight is 262 g/mol. The number of carbonyl (C=O) groups is 2. The number of piperidine rings is 1. The minimum atomic E-state index is -0.549. The predicted molar refractivity (Wildman–Crippen MR) is 70.7 cm³/mol. The normalized spacial score (nSPS) is 22.8. The summed E-state index contributed by atoms with van der Waals surface area (Å²) in [5.41, 5.74) is 5.72. The Bertz CT molecular complexity index is 472. The quantitative estimate of drug-likeness (QED) is 0.717. The van der Waals surface area contributed by atoms with E-state index in [1.165, 1.54) is 18.3 Å². The van der Waals surface area contributed by atoms with E-state index in [4.69, 9.17) is 5.73 Å². The van der Waals surface area contributed by atoms with E-state index < -0.39 is 5.91 Å². The SMILES string of the molecule is CC1CC(NC(=O)c2ccc(C(N)=O)cn2)CCN1. The first-order valence-electron chi connectivity index (χ1n) is 6.36. The Labute approximate surface area is 111 Å². The van der Waals surface area contributed by atoms with Gasteiger partial charge in [0.05, 0.1) is 5.56 Å². The Morgan fingerprint density at radius 2 is 2.26 bits per heavy atom. The van der Waals surface area contributed by atoms with Crippen LogP contribution in [0.2, 0.25) is 0 Å². The molecule has 0 radical (unpaired) electrons. The highest BCUT2D eigenvalue weighted by atomic mass is 16.2. The van der Waals surface area contributed by atoms with Gasteiger partial charge in [0.1, 0.15) is 5.69 Å². The Morgan fingerprint density at radius 1 is 1.47 bits per heavy atom. The fraction of sp³-hybridized carbons (Fsp3) is 0.462. The summed E-state index contributed by atoms with van der Waals surface area (Å²) < 4.78 is 0. The van der Waals surface area contributed by atoms with Crippen molar-refractivity contribution in [1.29, 1.82) is 0 Å². The standard InChI is InChI=1S/C13H18N4O2/c1-8-6-10(4-5-15-8)17-13(19)11-3-2-9(7-16-11)12(14)18/h2-3,7-8,10,15H,4-6H2,1H3,(H2,14,18)(H,17,19).